The molecule has 0 aliphatic rings. The van der Waals surface area contributed by atoms with Crippen LogP contribution in [-0.4, -0.2) is 5.11 Å². The normalized spacial score (nSPS) is 10.2. The van der Waals surface area contributed by atoms with Crippen molar-refractivity contribution in [3.63, 3.8) is 0 Å². The van der Waals surface area contributed by atoms with E-state index in [1.807, 2.05) is 0 Å². The van der Waals surface area contributed by atoms with E-state index in [1.54, 1.807) is 13.0 Å². The van der Waals surface area contributed by atoms with E-state index < -0.39 is 17.5 Å². The van der Waals surface area contributed by atoms with Gasteiger partial charge in [-0.15, -0.1) is 0 Å². The predicted octanol–water partition coefficient (Wildman–Crippen LogP) is 4.22. The summed E-state index contributed by atoms with van der Waals surface area (Å²) in [4.78, 5) is 0. The summed E-state index contributed by atoms with van der Waals surface area (Å²) in [5.74, 6) is -1.91. The van der Waals surface area contributed by atoms with Crippen LogP contribution in [0.5, 0.6) is 0 Å². The molecule has 0 heterocycles. The predicted molar refractivity (Wildman–Crippen MR) is 77.3 cm³/mol. The number of nitrogens with one attached hydrogen (secondary N) is 2. The summed E-state index contributed by atoms with van der Waals surface area (Å²) in [6.45, 7) is 1.76. The van der Waals surface area contributed by atoms with Crippen LogP contribution in [0.15, 0.2) is 36.4 Å². The van der Waals surface area contributed by atoms with Gasteiger partial charge >= 0.3 is 0 Å². The molecule has 0 amide bonds. The summed E-state index contributed by atoms with van der Waals surface area (Å²) in [5, 5.41) is 5.25. The van der Waals surface area contributed by atoms with Crippen molar-refractivity contribution in [2.45, 2.75) is 6.92 Å². The fourth-order valence-electron chi connectivity index (χ4n) is 1.63. The van der Waals surface area contributed by atoms with Gasteiger partial charge in [-0.05, 0) is 49.0 Å². The lowest BCUT2D eigenvalue weighted by atomic mass is 10.2. The van der Waals surface area contributed by atoms with Gasteiger partial charge in [0.1, 0.15) is 17.5 Å². The Bertz CT molecular complexity index is 639. The average molecular weight is 296 g/mol. The van der Waals surface area contributed by atoms with Crippen molar-refractivity contribution in [3.05, 3.63) is 59.4 Å². The van der Waals surface area contributed by atoms with Crippen LogP contribution in [0.2, 0.25) is 0 Å². The van der Waals surface area contributed by atoms with E-state index in [0.29, 0.717) is 0 Å². The number of rotatable bonds is 2. The van der Waals surface area contributed by atoms with E-state index in [-0.39, 0.29) is 16.5 Å². The maximum Gasteiger partial charge on any atom is 0.175 e. The number of thiocarbonyl (C=S) groups is 1. The van der Waals surface area contributed by atoms with Gasteiger partial charge in [0.05, 0.1) is 5.69 Å². The lowest BCUT2D eigenvalue weighted by Gasteiger charge is -2.11. The molecular weight excluding hydrogens is 285 g/mol. The standard InChI is InChI=1S/C14H11F3N2S/c1-8-2-3-13(12(17)4-8)19-14(20)18-11-6-9(15)5-10(16)7-11/h2-7H,1H3,(H2,18,19,20). The van der Waals surface area contributed by atoms with Gasteiger partial charge in [-0.3, -0.25) is 0 Å². The first-order valence-corrected chi connectivity index (χ1v) is 6.15. The zero-order valence-electron chi connectivity index (χ0n) is 10.5. The summed E-state index contributed by atoms with van der Waals surface area (Å²) in [5.41, 5.74) is 1.11. The van der Waals surface area contributed by atoms with Crippen molar-refractivity contribution >= 4 is 28.7 Å². The van der Waals surface area contributed by atoms with Crippen molar-refractivity contribution in [2.75, 3.05) is 10.6 Å². The molecule has 6 heteroatoms. The molecule has 104 valence electrons. The molecule has 0 bridgehead atoms. The van der Waals surface area contributed by atoms with Crippen molar-refractivity contribution in [2.24, 2.45) is 0 Å². The zero-order valence-corrected chi connectivity index (χ0v) is 11.3. The molecule has 2 aromatic carbocycles. The Morgan fingerprint density at radius 1 is 0.950 bits per heavy atom. The highest BCUT2D eigenvalue weighted by Gasteiger charge is 2.06. The van der Waals surface area contributed by atoms with Crippen LogP contribution >= 0.6 is 12.2 Å². The topological polar surface area (TPSA) is 24.1 Å². The molecule has 0 saturated heterocycles. The highest BCUT2D eigenvalue weighted by molar-refractivity contribution is 7.80. The van der Waals surface area contributed by atoms with Crippen LogP contribution in [0.25, 0.3) is 0 Å². The molecule has 0 saturated carbocycles. The molecule has 0 atom stereocenters. The minimum Gasteiger partial charge on any atom is -0.332 e. The Kier molecular flexibility index (Phi) is 4.24. The number of anilines is 2. The maximum absolute atomic E-state index is 13.6. The van der Waals surface area contributed by atoms with Crippen LogP contribution in [0.1, 0.15) is 5.56 Å². The molecule has 0 aromatic heterocycles. The summed E-state index contributed by atoms with van der Waals surface area (Å²) in [6, 6.07) is 7.53. The van der Waals surface area contributed by atoms with Crippen molar-refractivity contribution in [3.8, 4) is 0 Å². The van der Waals surface area contributed by atoms with Crippen LogP contribution in [-0.2, 0) is 0 Å². The third-order valence-corrected chi connectivity index (χ3v) is 2.70. The molecule has 20 heavy (non-hydrogen) atoms. The quantitative estimate of drug-likeness (QED) is 0.811. The molecule has 0 fully saturated rings. The first-order valence-electron chi connectivity index (χ1n) is 5.74. The zero-order chi connectivity index (χ0) is 14.7. The van der Waals surface area contributed by atoms with Gasteiger partial charge in [0.15, 0.2) is 5.11 Å². The number of hydrogen-bond acceptors (Lipinski definition) is 1. The third kappa shape index (κ3) is 3.71. The van der Waals surface area contributed by atoms with Crippen LogP contribution in [0.3, 0.4) is 0 Å². The number of halogens is 3. The van der Waals surface area contributed by atoms with Gasteiger partial charge in [-0.2, -0.15) is 0 Å². The monoisotopic (exact) mass is 296 g/mol. The molecule has 2 rings (SSSR count). The molecule has 0 unspecified atom stereocenters. The lowest BCUT2D eigenvalue weighted by Crippen LogP contribution is -2.20. The molecule has 0 aliphatic carbocycles. The first-order chi connectivity index (χ1) is 9.44. The Labute approximate surface area is 119 Å². The smallest absolute Gasteiger partial charge is 0.175 e. The SMILES string of the molecule is Cc1ccc(NC(=S)Nc2cc(F)cc(F)c2)c(F)c1. The molecule has 0 spiro atoms. The highest BCUT2D eigenvalue weighted by Crippen LogP contribution is 2.17. The molecule has 0 radical (unpaired) electrons. The minimum absolute atomic E-state index is 0.0396. The summed E-state index contributed by atoms with van der Waals surface area (Å²) >= 11 is 4.96. The Hall–Kier alpha value is -2.08. The Morgan fingerprint density at radius 3 is 2.20 bits per heavy atom. The summed E-state index contributed by atoms with van der Waals surface area (Å²) in [6.07, 6.45) is 0. The van der Waals surface area contributed by atoms with Gasteiger partial charge in [0.25, 0.3) is 0 Å². The van der Waals surface area contributed by atoms with Gasteiger partial charge in [0, 0.05) is 11.8 Å². The summed E-state index contributed by atoms with van der Waals surface area (Å²) in [7, 11) is 0. The van der Waals surface area contributed by atoms with Crippen LogP contribution in [0, 0.1) is 24.4 Å². The molecule has 2 aromatic rings. The fraction of sp³-hybridized carbons (Fsp3) is 0.0714. The van der Waals surface area contributed by atoms with Gasteiger partial charge in [0.2, 0.25) is 0 Å². The Balaban J connectivity index is 2.09. The van der Waals surface area contributed by atoms with E-state index in [4.69, 9.17) is 12.2 Å². The second kappa shape index (κ2) is 5.92. The number of hydrogen-bond donors (Lipinski definition) is 2. The summed E-state index contributed by atoms with van der Waals surface area (Å²) < 4.78 is 39.6. The van der Waals surface area contributed by atoms with E-state index in [1.165, 1.54) is 12.1 Å². The van der Waals surface area contributed by atoms with Crippen molar-refractivity contribution in [1.29, 1.82) is 0 Å². The molecule has 2 N–H and O–H groups in total. The van der Waals surface area contributed by atoms with Crippen LogP contribution in [0.4, 0.5) is 24.5 Å². The molecular formula is C14H11F3N2S. The minimum atomic E-state index is -0.725. The van der Waals surface area contributed by atoms with Gasteiger partial charge < -0.3 is 10.6 Å². The average Bonchev–Trinajstić information content (AvgIpc) is 2.31. The fourth-order valence-corrected chi connectivity index (χ4v) is 1.86. The second-order valence-electron chi connectivity index (χ2n) is 4.22. The van der Waals surface area contributed by atoms with E-state index in [9.17, 15) is 13.2 Å². The van der Waals surface area contributed by atoms with E-state index in [0.717, 1.165) is 23.8 Å². The number of aryl methyl sites for hydroxylation is 1. The Morgan fingerprint density at radius 2 is 1.60 bits per heavy atom. The highest BCUT2D eigenvalue weighted by atomic mass is 32.1. The van der Waals surface area contributed by atoms with Crippen molar-refractivity contribution < 1.29 is 13.2 Å². The van der Waals surface area contributed by atoms with Crippen molar-refractivity contribution in [1.82, 2.24) is 0 Å². The van der Waals surface area contributed by atoms with Gasteiger partial charge in [-0.25, -0.2) is 13.2 Å². The van der Waals surface area contributed by atoms with E-state index >= 15 is 0 Å². The number of benzene rings is 2. The molecule has 0 aliphatic heterocycles. The maximum atomic E-state index is 13.6. The second-order valence-corrected chi connectivity index (χ2v) is 4.63. The molecule has 2 nitrogen and oxygen atoms in total. The van der Waals surface area contributed by atoms with Gasteiger partial charge in [-0.1, -0.05) is 6.07 Å². The lowest BCUT2D eigenvalue weighted by molar-refractivity contribution is 0.584. The third-order valence-electron chi connectivity index (χ3n) is 2.49. The first kappa shape index (κ1) is 14.3. The largest absolute Gasteiger partial charge is 0.332 e. The van der Waals surface area contributed by atoms with E-state index in [2.05, 4.69) is 10.6 Å². The van der Waals surface area contributed by atoms with Crippen LogP contribution < -0.4 is 10.6 Å².